The van der Waals surface area contributed by atoms with Crippen LogP contribution in [-0.2, 0) is 17.6 Å². The highest BCUT2D eigenvalue weighted by Crippen LogP contribution is 2.37. The zero-order valence-electron chi connectivity index (χ0n) is 15.9. The number of carbonyl (C=O) groups excluding carboxylic acids is 1. The van der Waals surface area contributed by atoms with Crippen molar-refractivity contribution in [2.24, 2.45) is 0 Å². The van der Waals surface area contributed by atoms with Crippen LogP contribution in [0.3, 0.4) is 0 Å². The van der Waals surface area contributed by atoms with Gasteiger partial charge in [0.1, 0.15) is 17.4 Å². The Morgan fingerprint density at radius 3 is 2.86 bits per heavy atom. The van der Waals surface area contributed by atoms with Gasteiger partial charge in [-0.3, -0.25) is 4.79 Å². The molecule has 0 saturated carbocycles. The van der Waals surface area contributed by atoms with Gasteiger partial charge in [-0.2, -0.15) is 5.26 Å². The quantitative estimate of drug-likeness (QED) is 0.445. The van der Waals surface area contributed by atoms with Gasteiger partial charge >= 0.3 is 0 Å². The average Bonchev–Trinajstić information content (AvgIpc) is 3.11. The summed E-state index contributed by atoms with van der Waals surface area (Å²) in [6, 6.07) is 14.2. The van der Waals surface area contributed by atoms with Crippen LogP contribution in [0.25, 0.3) is 11.3 Å². The van der Waals surface area contributed by atoms with Gasteiger partial charge in [0.05, 0.1) is 16.3 Å². The maximum atomic E-state index is 12.4. The molecule has 0 atom stereocenters. The summed E-state index contributed by atoms with van der Waals surface area (Å²) < 4.78 is 0. The first-order valence-corrected chi connectivity index (χ1v) is 11.4. The van der Waals surface area contributed by atoms with Crippen molar-refractivity contribution >= 4 is 34.0 Å². The Bertz CT molecular complexity index is 1060. The molecule has 0 unspecified atom stereocenters. The number of carbonyl (C=O) groups is 1. The van der Waals surface area contributed by atoms with Crippen LogP contribution >= 0.6 is 23.1 Å². The number of nitrogens with zero attached hydrogens (tertiary/aromatic N) is 3. The van der Waals surface area contributed by atoms with Gasteiger partial charge in [0.15, 0.2) is 0 Å². The standard InChI is InChI=1S/C22H20N4OS2/c23-13-17-16-8-4-5-9-19(16)29-22(17)26-20(27)10-11-28-21-12-18(24-14-25-21)15-6-2-1-3-7-15/h1-3,6-7,12,14H,4-5,8-11H2,(H,26,27). The highest BCUT2D eigenvalue weighted by molar-refractivity contribution is 7.99. The number of anilines is 1. The number of nitriles is 1. The lowest BCUT2D eigenvalue weighted by molar-refractivity contribution is -0.115. The van der Waals surface area contributed by atoms with E-state index < -0.39 is 0 Å². The Morgan fingerprint density at radius 2 is 2.03 bits per heavy atom. The third-order valence-corrected chi connectivity index (χ3v) is 6.96. The van der Waals surface area contributed by atoms with E-state index in [1.54, 1.807) is 17.7 Å². The van der Waals surface area contributed by atoms with Crippen molar-refractivity contribution in [1.82, 2.24) is 9.97 Å². The molecule has 5 nitrogen and oxygen atoms in total. The molecule has 0 aliphatic heterocycles. The number of thioether (sulfide) groups is 1. The number of hydrogen-bond acceptors (Lipinski definition) is 6. The Balaban J connectivity index is 1.34. The van der Waals surface area contributed by atoms with Gasteiger partial charge in [-0.05, 0) is 37.3 Å². The molecule has 2 heterocycles. The zero-order valence-corrected chi connectivity index (χ0v) is 17.5. The van der Waals surface area contributed by atoms with E-state index in [-0.39, 0.29) is 5.91 Å². The lowest BCUT2D eigenvalue weighted by Gasteiger charge is -2.09. The number of nitrogens with one attached hydrogen (secondary N) is 1. The van der Waals surface area contributed by atoms with Crippen LogP contribution in [0.15, 0.2) is 47.8 Å². The van der Waals surface area contributed by atoms with E-state index >= 15 is 0 Å². The van der Waals surface area contributed by atoms with E-state index in [0.29, 0.717) is 22.7 Å². The summed E-state index contributed by atoms with van der Waals surface area (Å²) in [4.78, 5) is 22.3. The van der Waals surface area contributed by atoms with Crippen molar-refractivity contribution < 1.29 is 4.79 Å². The molecule has 4 rings (SSSR count). The van der Waals surface area contributed by atoms with Crippen molar-refractivity contribution in [1.29, 1.82) is 5.26 Å². The number of aryl methyl sites for hydroxylation is 1. The molecule has 7 heteroatoms. The third kappa shape index (κ3) is 4.66. The lowest BCUT2D eigenvalue weighted by Crippen LogP contribution is -2.12. The van der Waals surface area contributed by atoms with E-state index in [1.807, 2.05) is 36.4 Å². The van der Waals surface area contributed by atoms with E-state index in [1.165, 1.54) is 16.6 Å². The van der Waals surface area contributed by atoms with Crippen molar-refractivity contribution in [3.63, 3.8) is 0 Å². The molecule has 0 saturated heterocycles. The fraction of sp³-hybridized carbons (Fsp3) is 0.273. The molecule has 1 aliphatic rings. The van der Waals surface area contributed by atoms with Gasteiger partial charge in [-0.1, -0.05) is 30.3 Å². The number of aromatic nitrogens is 2. The Kier molecular flexibility index (Phi) is 6.23. The Labute approximate surface area is 178 Å². The van der Waals surface area contributed by atoms with Crippen LogP contribution < -0.4 is 5.32 Å². The van der Waals surface area contributed by atoms with Gasteiger partial charge in [-0.15, -0.1) is 23.1 Å². The van der Waals surface area contributed by atoms with E-state index in [9.17, 15) is 10.1 Å². The number of benzene rings is 1. The smallest absolute Gasteiger partial charge is 0.225 e. The summed E-state index contributed by atoms with van der Waals surface area (Å²) in [5.41, 5.74) is 3.72. The first-order valence-electron chi connectivity index (χ1n) is 9.59. The molecule has 0 fully saturated rings. The Morgan fingerprint density at radius 1 is 1.21 bits per heavy atom. The van der Waals surface area contributed by atoms with Crippen LogP contribution in [0.2, 0.25) is 0 Å². The van der Waals surface area contributed by atoms with Crippen molar-refractivity contribution in [2.75, 3.05) is 11.1 Å². The van der Waals surface area contributed by atoms with Gasteiger partial charge in [-0.25, -0.2) is 9.97 Å². The lowest BCUT2D eigenvalue weighted by atomic mass is 9.96. The predicted molar refractivity (Wildman–Crippen MR) is 117 cm³/mol. The number of fused-ring (bicyclic) bond motifs is 1. The molecule has 1 aromatic carbocycles. The maximum absolute atomic E-state index is 12.4. The molecule has 1 amide bonds. The first-order chi connectivity index (χ1) is 14.2. The van der Waals surface area contributed by atoms with Gasteiger partial charge in [0, 0.05) is 22.6 Å². The number of thiophene rings is 1. The highest BCUT2D eigenvalue weighted by Gasteiger charge is 2.21. The number of rotatable bonds is 6. The zero-order chi connectivity index (χ0) is 20.1. The summed E-state index contributed by atoms with van der Waals surface area (Å²) in [5, 5.41) is 14.0. The molecule has 29 heavy (non-hydrogen) atoms. The molecule has 1 N–H and O–H groups in total. The third-order valence-electron chi connectivity index (χ3n) is 4.83. The molecular formula is C22H20N4OS2. The van der Waals surface area contributed by atoms with Gasteiger partial charge in [0.2, 0.25) is 5.91 Å². The minimum Gasteiger partial charge on any atom is -0.317 e. The molecule has 0 radical (unpaired) electrons. The summed E-state index contributed by atoms with van der Waals surface area (Å²) in [5.74, 6) is 0.550. The highest BCUT2D eigenvalue weighted by atomic mass is 32.2. The van der Waals surface area contributed by atoms with E-state index in [4.69, 9.17) is 0 Å². The Hall–Kier alpha value is -2.69. The fourth-order valence-electron chi connectivity index (χ4n) is 3.39. The van der Waals surface area contributed by atoms with E-state index in [2.05, 4.69) is 21.4 Å². The molecule has 2 aromatic heterocycles. The SMILES string of the molecule is N#Cc1c(NC(=O)CCSc2cc(-c3ccccc3)ncn2)sc2c1CCCC2. The molecule has 146 valence electrons. The minimum atomic E-state index is -0.0649. The van der Waals surface area contributed by atoms with Crippen LogP contribution in [0, 0.1) is 11.3 Å². The van der Waals surface area contributed by atoms with Gasteiger partial charge in [0.25, 0.3) is 0 Å². The molecular weight excluding hydrogens is 400 g/mol. The molecule has 0 spiro atoms. The monoisotopic (exact) mass is 420 g/mol. The second kappa shape index (κ2) is 9.21. The summed E-state index contributed by atoms with van der Waals surface area (Å²) >= 11 is 3.09. The van der Waals surface area contributed by atoms with Crippen molar-refractivity contribution in [3.8, 4) is 17.3 Å². The summed E-state index contributed by atoms with van der Waals surface area (Å²) in [6.07, 6.45) is 6.15. The molecule has 0 bridgehead atoms. The van der Waals surface area contributed by atoms with Crippen LogP contribution in [0.5, 0.6) is 0 Å². The van der Waals surface area contributed by atoms with Crippen molar-refractivity contribution in [3.05, 3.63) is 58.7 Å². The van der Waals surface area contributed by atoms with Crippen molar-refractivity contribution in [2.45, 2.75) is 37.1 Å². The van der Waals surface area contributed by atoms with Crippen LogP contribution in [0.1, 0.15) is 35.3 Å². The second-order valence-electron chi connectivity index (χ2n) is 6.78. The largest absolute Gasteiger partial charge is 0.317 e. The topological polar surface area (TPSA) is 78.7 Å². The van der Waals surface area contributed by atoms with Crippen LogP contribution in [-0.4, -0.2) is 21.6 Å². The molecule has 3 aromatic rings. The predicted octanol–water partition coefficient (Wildman–Crippen LogP) is 5.08. The normalized spacial score (nSPS) is 12.8. The summed E-state index contributed by atoms with van der Waals surface area (Å²) in [7, 11) is 0. The minimum absolute atomic E-state index is 0.0649. The first kappa shape index (κ1) is 19.6. The number of amides is 1. The molecule has 1 aliphatic carbocycles. The van der Waals surface area contributed by atoms with Gasteiger partial charge < -0.3 is 5.32 Å². The fourth-order valence-corrected chi connectivity index (χ4v) is 5.46. The average molecular weight is 421 g/mol. The maximum Gasteiger partial charge on any atom is 0.225 e. The summed E-state index contributed by atoms with van der Waals surface area (Å²) in [6.45, 7) is 0. The second-order valence-corrected chi connectivity index (χ2v) is 9.00. The number of hydrogen-bond donors (Lipinski definition) is 1. The van der Waals surface area contributed by atoms with Crippen LogP contribution in [0.4, 0.5) is 5.00 Å². The van der Waals surface area contributed by atoms with E-state index in [0.717, 1.165) is 47.5 Å².